The van der Waals surface area contributed by atoms with Gasteiger partial charge in [-0.3, -0.25) is 4.57 Å². The molecule has 32 heavy (non-hydrogen) atoms. The molecule has 4 N–H and O–H groups in total. The summed E-state index contributed by atoms with van der Waals surface area (Å²) in [4.78, 5) is 25.5. The minimum absolute atomic E-state index is 0.244. The van der Waals surface area contributed by atoms with Gasteiger partial charge in [-0.25, -0.2) is 19.7 Å². The number of nitrogens with one attached hydrogen (secondary N) is 2. The Kier molecular flexibility index (Phi) is 5.22. The van der Waals surface area contributed by atoms with E-state index >= 15 is 0 Å². The molecule has 5 rings (SSSR count). The molecule has 0 aliphatic carbocycles. The van der Waals surface area contributed by atoms with Crippen LogP contribution in [0.5, 0.6) is 0 Å². The van der Waals surface area contributed by atoms with Gasteiger partial charge in [0.2, 0.25) is 0 Å². The molecule has 4 aromatic heterocycles. The SMILES string of the molecule is Nc1ncccc1-c1nc2cccnc2n1-c1ccc(CNC(=O)Nc2ccsc2)cc1. The molecule has 0 saturated carbocycles. The minimum atomic E-state index is -0.244. The number of nitrogens with two attached hydrogens (primary N) is 1. The molecule has 2 amide bonds. The number of carbonyl (C=O) groups is 1. The molecule has 158 valence electrons. The van der Waals surface area contributed by atoms with Crippen molar-refractivity contribution in [2.75, 3.05) is 11.1 Å². The number of hydrogen-bond donors (Lipinski definition) is 3. The van der Waals surface area contributed by atoms with Crippen molar-refractivity contribution < 1.29 is 4.79 Å². The van der Waals surface area contributed by atoms with Gasteiger partial charge in [0.05, 0.1) is 11.3 Å². The van der Waals surface area contributed by atoms with Crippen LogP contribution in [0.4, 0.5) is 16.3 Å². The molecule has 4 heterocycles. The minimum Gasteiger partial charge on any atom is -0.383 e. The van der Waals surface area contributed by atoms with E-state index < -0.39 is 0 Å². The molecule has 9 heteroatoms. The maximum absolute atomic E-state index is 12.1. The summed E-state index contributed by atoms with van der Waals surface area (Å²) in [6.45, 7) is 0.404. The number of urea groups is 1. The van der Waals surface area contributed by atoms with Crippen LogP contribution in [0.1, 0.15) is 5.56 Å². The zero-order chi connectivity index (χ0) is 21.9. The van der Waals surface area contributed by atoms with E-state index in [9.17, 15) is 4.79 Å². The summed E-state index contributed by atoms with van der Waals surface area (Å²) in [6, 6.07) is 17.0. The number of carbonyl (C=O) groups excluding carboxylic acids is 1. The van der Waals surface area contributed by atoms with Crippen molar-refractivity contribution in [3.05, 3.63) is 83.3 Å². The van der Waals surface area contributed by atoms with E-state index in [0.717, 1.165) is 33.7 Å². The van der Waals surface area contributed by atoms with Gasteiger partial charge in [0.25, 0.3) is 0 Å². The Morgan fingerprint density at radius 2 is 1.84 bits per heavy atom. The highest BCUT2D eigenvalue weighted by molar-refractivity contribution is 7.08. The second-order valence-electron chi connectivity index (χ2n) is 7.04. The van der Waals surface area contributed by atoms with Gasteiger partial charge in [-0.1, -0.05) is 12.1 Å². The van der Waals surface area contributed by atoms with Crippen molar-refractivity contribution in [2.24, 2.45) is 0 Å². The Morgan fingerprint density at radius 1 is 1.03 bits per heavy atom. The third-order valence-electron chi connectivity index (χ3n) is 4.92. The lowest BCUT2D eigenvalue weighted by Crippen LogP contribution is -2.27. The van der Waals surface area contributed by atoms with Gasteiger partial charge in [-0.05, 0) is 53.4 Å². The first-order valence-corrected chi connectivity index (χ1v) is 10.8. The number of imidazole rings is 1. The predicted molar refractivity (Wildman–Crippen MR) is 127 cm³/mol. The van der Waals surface area contributed by atoms with Gasteiger partial charge < -0.3 is 16.4 Å². The van der Waals surface area contributed by atoms with Crippen LogP contribution in [0, 0.1) is 0 Å². The predicted octanol–water partition coefficient (Wildman–Crippen LogP) is 4.45. The lowest BCUT2D eigenvalue weighted by molar-refractivity contribution is 0.252. The van der Waals surface area contributed by atoms with Crippen LogP contribution in [0.25, 0.3) is 28.2 Å². The van der Waals surface area contributed by atoms with Crippen molar-refractivity contribution in [3.8, 4) is 17.1 Å². The number of hydrogen-bond acceptors (Lipinski definition) is 6. The largest absolute Gasteiger partial charge is 0.383 e. The Balaban J connectivity index is 1.42. The fraction of sp³-hybridized carbons (Fsp3) is 0.0435. The summed E-state index contributed by atoms with van der Waals surface area (Å²) in [5.41, 5.74) is 11.0. The average Bonchev–Trinajstić information content (AvgIpc) is 3.46. The van der Waals surface area contributed by atoms with Crippen LogP contribution in [0.3, 0.4) is 0 Å². The highest BCUT2D eigenvalue weighted by Crippen LogP contribution is 2.30. The van der Waals surface area contributed by atoms with Crippen molar-refractivity contribution in [1.29, 1.82) is 0 Å². The van der Waals surface area contributed by atoms with E-state index in [1.54, 1.807) is 12.4 Å². The number of amides is 2. The molecule has 0 saturated heterocycles. The Bertz CT molecular complexity index is 1380. The molecular weight excluding hydrogens is 422 g/mol. The average molecular weight is 442 g/mol. The van der Waals surface area contributed by atoms with Crippen LogP contribution in [0.2, 0.25) is 0 Å². The molecule has 0 fully saturated rings. The first-order chi connectivity index (χ1) is 15.7. The number of nitrogen functional groups attached to an aromatic ring is 1. The summed E-state index contributed by atoms with van der Waals surface area (Å²) in [5, 5.41) is 9.46. The summed E-state index contributed by atoms with van der Waals surface area (Å²) in [5.74, 6) is 1.08. The van der Waals surface area contributed by atoms with Gasteiger partial charge in [0.15, 0.2) is 11.5 Å². The fourth-order valence-corrected chi connectivity index (χ4v) is 3.99. The first kappa shape index (κ1) is 19.7. The Labute approximate surface area is 187 Å². The normalized spacial score (nSPS) is 10.9. The van der Waals surface area contributed by atoms with Crippen LogP contribution >= 0.6 is 11.3 Å². The molecule has 0 aliphatic rings. The maximum atomic E-state index is 12.1. The third kappa shape index (κ3) is 3.88. The lowest BCUT2D eigenvalue weighted by Gasteiger charge is -2.11. The van der Waals surface area contributed by atoms with Crippen molar-refractivity contribution in [2.45, 2.75) is 6.54 Å². The molecule has 1 aromatic carbocycles. The van der Waals surface area contributed by atoms with Gasteiger partial charge >= 0.3 is 6.03 Å². The molecule has 0 radical (unpaired) electrons. The zero-order valence-corrected chi connectivity index (χ0v) is 17.7. The number of benzene rings is 1. The molecule has 0 aliphatic heterocycles. The summed E-state index contributed by atoms with van der Waals surface area (Å²) in [7, 11) is 0. The zero-order valence-electron chi connectivity index (χ0n) is 16.9. The number of nitrogens with zero attached hydrogens (tertiary/aromatic N) is 4. The quantitative estimate of drug-likeness (QED) is 0.373. The highest BCUT2D eigenvalue weighted by Gasteiger charge is 2.17. The van der Waals surface area contributed by atoms with Crippen molar-refractivity contribution in [3.63, 3.8) is 0 Å². The van der Waals surface area contributed by atoms with E-state index in [4.69, 9.17) is 10.7 Å². The Hall–Kier alpha value is -4.24. The number of anilines is 2. The van der Waals surface area contributed by atoms with Crippen LogP contribution in [-0.2, 0) is 6.54 Å². The summed E-state index contributed by atoms with van der Waals surface area (Å²) < 4.78 is 1.96. The topological polar surface area (TPSA) is 111 Å². The van der Waals surface area contributed by atoms with Crippen molar-refractivity contribution in [1.82, 2.24) is 24.8 Å². The standard InChI is InChI=1S/C23H19N7OS/c24-20-18(3-1-10-25-20)21-29-19-4-2-11-26-22(19)30(21)17-7-5-15(6-8-17)13-27-23(31)28-16-9-12-32-14-16/h1-12,14H,13H2,(H2,24,25)(H2,27,28,31). The number of fused-ring (bicyclic) bond motifs is 1. The Morgan fingerprint density at radius 3 is 2.62 bits per heavy atom. The smallest absolute Gasteiger partial charge is 0.319 e. The molecule has 0 atom stereocenters. The summed E-state index contributed by atoms with van der Waals surface area (Å²) >= 11 is 1.53. The molecule has 0 spiro atoms. The van der Waals surface area contributed by atoms with Crippen molar-refractivity contribution >= 4 is 40.0 Å². The second kappa shape index (κ2) is 8.48. The van der Waals surface area contributed by atoms with Gasteiger partial charge in [-0.2, -0.15) is 11.3 Å². The second-order valence-corrected chi connectivity index (χ2v) is 7.82. The van der Waals surface area contributed by atoms with E-state index in [-0.39, 0.29) is 6.03 Å². The molecule has 8 nitrogen and oxygen atoms in total. The third-order valence-corrected chi connectivity index (χ3v) is 5.61. The molecule has 0 unspecified atom stereocenters. The molecule has 0 bridgehead atoms. The lowest BCUT2D eigenvalue weighted by atomic mass is 10.2. The fourth-order valence-electron chi connectivity index (χ4n) is 3.40. The number of thiophene rings is 1. The van der Waals surface area contributed by atoms with Crippen LogP contribution in [0.15, 0.2) is 77.8 Å². The van der Waals surface area contributed by atoms with Gasteiger partial charge in [0.1, 0.15) is 11.3 Å². The maximum Gasteiger partial charge on any atom is 0.319 e. The van der Waals surface area contributed by atoms with Gasteiger partial charge in [-0.15, -0.1) is 0 Å². The summed E-state index contributed by atoms with van der Waals surface area (Å²) in [6.07, 6.45) is 3.39. The monoisotopic (exact) mass is 441 g/mol. The van der Waals surface area contributed by atoms with E-state index in [0.29, 0.717) is 18.2 Å². The van der Waals surface area contributed by atoms with Crippen LogP contribution in [-0.4, -0.2) is 25.6 Å². The molecular formula is C23H19N7OS. The first-order valence-electron chi connectivity index (χ1n) is 9.90. The van der Waals surface area contributed by atoms with Gasteiger partial charge in [0, 0.05) is 30.0 Å². The number of rotatable bonds is 5. The van der Waals surface area contributed by atoms with E-state index in [2.05, 4.69) is 20.6 Å². The van der Waals surface area contributed by atoms with E-state index in [1.165, 1.54) is 11.3 Å². The van der Waals surface area contributed by atoms with E-state index in [1.807, 2.05) is 69.9 Å². The molecule has 5 aromatic rings. The van der Waals surface area contributed by atoms with Crippen LogP contribution < -0.4 is 16.4 Å². The number of pyridine rings is 2. The highest BCUT2D eigenvalue weighted by atomic mass is 32.1. The number of aromatic nitrogens is 4.